The fourth-order valence-corrected chi connectivity index (χ4v) is 15.5. The van der Waals surface area contributed by atoms with Crippen LogP contribution in [0.2, 0.25) is 0 Å². The molecule has 0 fully saturated rings. The van der Waals surface area contributed by atoms with Gasteiger partial charge in [0.05, 0.1) is 25.4 Å². The SMILES string of the molecule is CCCCCCCCCCCCCCCCCCCCCCCCC/C=C/C(O)C(CO)NC(=O)CCCCCCCCCCCCCCCCCCCCCCCCCCCCCCCCCCCCCCCCCOC(=O)CCCCCCCCCCCCCCCCCCCCC. The number of allylic oxidation sites excluding steroid dienone is 1. The minimum Gasteiger partial charge on any atom is -0.466 e. The molecule has 0 aliphatic heterocycles. The van der Waals surface area contributed by atoms with Crippen molar-refractivity contribution in [3.8, 4) is 0 Å². The second-order valence-corrected chi connectivity index (χ2v) is 32.7. The van der Waals surface area contributed by atoms with E-state index in [4.69, 9.17) is 4.74 Å². The van der Waals surface area contributed by atoms with Crippen molar-refractivity contribution in [2.45, 2.75) is 565 Å². The third-order valence-electron chi connectivity index (χ3n) is 22.6. The van der Waals surface area contributed by atoms with Crippen molar-refractivity contribution in [1.82, 2.24) is 5.32 Å². The number of ether oxygens (including phenoxy) is 1. The van der Waals surface area contributed by atoms with Crippen molar-refractivity contribution >= 4 is 11.9 Å². The van der Waals surface area contributed by atoms with Gasteiger partial charge in [0.1, 0.15) is 0 Å². The molecule has 3 N–H and O–H groups in total. The number of nitrogens with one attached hydrogen (secondary N) is 1. The predicted octanol–water partition coefficient (Wildman–Crippen LogP) is 31.7. The lowest BCUT2D eigenvalue weighted by atomic mass is 10.0. The molecule has 100 heavy (non-hydrogen) atoms. The molecule has 2 unspecified atom stereocenters. The van der Waals surface area contributed by atoms with E-state index in [2.05, 4.69) is 19.2 Å². The van der Waals surface area contributed by atoms with E-state index in [1.54, 1.807) is 6.08 Å². The highest BCUT2D eigenvalue weighted by Gasteiger charge is 2.18. The highest BCUT2D eigenvalue weighted by molar-refractivity contribution is 5.76. The van der Waals surface area contributed by atoms with Gasteiger partial charge in [-0.25, -0.2) is 0 Å². The molecule has 1 amide bonds. The van der Waals surface area contributed by atoms with Crippen LogP contribution in [0.4, 0.5) is 0 Å². The number of aliphatic hydroxyl groups is 2. The van der Waals surface area contributed by atoms with Crippen LogP contribution in [0.25, 0.3) is 0 Å². The number of carbonyl (C=O) groups excluding carboxylic acids is 2. The van der Waals surface area contributed by atoms with Crippen LogP contribution in [0.5, 0.6) is 0 Å². The van der Waals surface area contributed by atoms with Gasteiger partial charge in [-0.2, -0.15) is 0 Å². The molecule has 0 saturated heterocycles. The van der Waals surface area contributed by atoms with E-state index in [1.165, 1.54) is 488 Å². The number of hydrogen-bond donors (Lipinski definition) is 3. The molecule has 0 aliphatic rings. The summed E-state index contributed by atoms with van der Waals surface area (Å²) in [4.78, 5) is 24.7. The lowest BCUT2D eigenvalue weighted by Gasteiger charge is -2.20. The molecular weight excluding hydrogens is 1220 g/mol. The Labute approximate surface area is 629 Å². The van der Waals surface area contributed by atoms with E-state index in [9.17, 15) is 19.8 Å². The van der Waals surface area contributed by atoms with Crippen molar-refractivity contribution in [2.75, 3.05) is 13.2 Å². The maximum atomic E-state index is 12.6. The molecule has 596 valence electrons. The minimum atomic E-state index is -0.842. The van der Waals surface area contributed by atoms with E-state index in [0.717, 1.165) is 38.5 Å². The highest BCUT2D eigenvalue weighted by Crippen LogP contribution is 2.22. The van der Waals surface area contributed by atoms with Crippen molar-refractivity contribution in [2.24, 2.45) is 0 Å². The molecule has 0 radical (unpaired) electrons. The summed E-state index contributed by atoms with van der Waals surface area (Å²) in [6, 6.07) is -0.624. The van der Waals surface area contributed by atoms with E-state index >= 15 is 0 Å². The van der Waals surface area contributed by atoms with Crippen molar-refractivity contribution < 1.29 is 24.5 Å². The standard InChI is InChI=1S/C94H185NO5/c1-3-5-7-9-11-13-15-17-19-21-23-24-25-41-44-47-51-54-58-62-66-70-74-78-82-86-92(97)91(90-96)95-93(98)87-83-79-75-71-67-63-59-55-52-48-45-42-39-37-35-33-31-29-27-26-28-30-32-34-36-38-40-43-46-49-53-57-61-65-69-73-77-81-85-89-100-94(99)88-84-80-76-72-68-64-60-56-50-22-20-18-16-14-12-10-8-6-4-2/h82,86,91-92,96-97H,3-81,83-85,87-90H2,1-2H3,(H,95,98)/b86-82+. The number of amides is 1. The fraction of sp³-hybridized carbons (Fsp3) is 0.957. The van der Waals surface area contributed by atoms with Gasteiger partial charge in [0, 0.05) is 12.8 Å². The van der Waals surface area contributed by atoms with E-state index in [1.807, 2.05) is 6.08 Å². The number of hydrogen-bond acceptors (Lipinski definition) is 5. The Morgan fingerprint density at radius 1 is 0.270 bits per heavy atom. The number of carbonyl (C=O) groups is 2. The first-order chi connectivity index (χ1) is 49.5. The Balaban J connectivity index is 3.30. The molecule has 2 atom stereocenters. The first-order valence-electron chi connectivity index (χ1n) is 47.0. The topological polar surface area (TPSA) is 95.9 Å². The Morgan fingerprint density at radius 2 is 0.460 bits per heavy atom. The number of rotatable bonds is 90. The maximum Gasteiger partial charge on any atom is 0.305 e. The van der Waals surface area contributed by atoms with Crippen LogP contribution < -0.4 is 5.32 Å². The molecule has 0 aromatic carbocycles. The molecule has 0 rings (SSSR count). The molecule has 0 saturated carbocycles. The molecule has 6 nitrogen and oxygen atoms in total. The molecule has 0 aliphatic carbocycles. The van der Waals surface area contributed by atoms with Crippen LogP contribution in [0.15, 0.2) is 12.2 Å². The van der Waals surface area contributed by atoms with E-state index in [-0.39, 0.29) is 18.5 Å². The average Bonchev–Trinajstić information content (AvgIpc) is 1.25. The largest absolute Gasteiger partial charge is 0.466 e. The summed E-state index contributed by atoms with van der Waals surface area (Å²) in [7, 11) is 0. The summed E-state index contributed by atoms with van der Waals surface area (Å²) in [5, 5.41) is 23.4. The molecule has 0 aromatic heterocycles. The van der Waals surface area contributed by atoms with Gasteiger partial charge < -0.3 is 20.3 Å². The van der Waals surface area contributed by atoms with E-state index in [0.29, 0.717) is 19.4 Å². The quantitative estimate of drug-likeness (QED) is 0.0320. The van der Waals surface area contributed by atoms with Crippen molar-refractivity contribution in [3.05, 3.63) is 12.2 Å². The third-order valence-corrected chi connectivity index (χ3v) is 22.6. The van der Waals surface area contributed by atoms with Gasteiger partial charge in [0.15, 0.2) is 0 Å². The first-order valence-corrected chi connectivity index (χ1v) is 47.0. The van der Waals surface area contributed by atoms with Crippen LogP contribution in [-0.2, 0) is 14.3 Å². The van der Waals surface area contributed by atoms with Gasteiger partial charge in [-0.3, -0.25) is 9.59 Å². The monoisotopic (exact) mass is 1410 g/mol. The zero-order chi connectivity index (χ0) is 71.9. The second kappa shape index (κ2) is 90.0. The lowest BCUT2D eigenvalue weighted by Crippen LogP contribution is -2.45. The first kappa shape index (κ1) is 98.6. The van der Waals surface area contributed by atoms with Crippen LogP contribution in [-0.4, -0.2) is 47.4 Å². The number of aliphatic hydroxyl groups excluding tert-OH is 2. The molecule has 0 heterocycles. The normalized spacial score (nSPS) is 12.4. The molecule has 0 aromatic rings. The second-order valence-electron chi connectivity index (χ2n) is 32.7. The molecule has 0 bridgehead atoms. The van der Waals surface area contributed by atoms with Crippen LogP contribution in [0, 0.1) is 0 Å². The fourth-order valence-electron chi connectivity index (χ4n) is 15.5. The summed E-state index contributed by atoms with van der Waals surface area (Å²) in [5.74, 6) is -0.0248. The van der Waals surface area contributed by atoms with Crippen molar-refractivity contribution in [3.63, 3.8) is 0 Å². The number of esters is 1. The summed E-state index contributed by atoms with van der Waals surface area (Å²) in [6.07, 6.45) is 117. The highest BCUT2D eigenvalue weighted by atomic mass is 16.5. The molecular formula is C94H185NO5. The van der Waals surface area contributed by atoms with Crippen LogP contribution in [0.3, 0.4) is 0 Å². The average molecular weight is 1410 g/mol. The zero-order valence-corrected chi connectivity index (χ0v) is 68.7. The van der Waals surface area contributed by atoms with Crippen molar-refractivity contribution in [1.29, 1.82) is 0 Å². The Bertz CT molecular complexity index is 1530. The zero-order valence-electron chi connectivity index (χ0n) is 68.7. The van der Waals surface area contributed by atoms with E-state index < -0.39 is 12.1 Å². The molecule has 0 spiro atoms. The Kier molecular flexibility index (Phi) is 88.7. The van der Waals surface area contributed by atoms with Crippen LogP contribution in [0.1, 0.15) is 553 Å². The summed E-state index contributed by atoms with van der Waals surface area (Å²) < 4.78 is 5.53. The van der Waals surface area contributed by atoms with Crippen LogP contribution >= 0.6 is 0 Å². The maximum absolute atomic E-state index is 12.6. The van der Waals surface area contributed by atoms with Gasteiger partial charge in [-0.05, 0) is 32.1 Å². The predicted molar refractivity (Wildman–Crippen MR) is 444 cm³/mol. The molecule has 6 heteroatoms. The Hall–Kier alpha value is -1.40. The van der Waals surface area contributed by atoms with Gasteiger partial charge in [-0.1, -0.05) is 520 Å². The smallest absolute Gasteiger partial charge is 0.305 e. The van der Waals surface area contributed by atoms with Gasteiger partial charge >= 0.3 is 5.97 Å². The summed E-state index contributed by atoms with van der Waals surface area (Å²) in [6.45, 7) is 4.99. The van der Waals surface area contributed by atoms with Gasteiger partial charge in [0.25, 0.3) is 0 Å². The van der Waals surface area contributed by atoms with Gasteiger partial charge in [0.2, 0.25) is 5.91 Å². The minimum absolute atomic E-state index is 0.0304. The lowest BCUT2D eigenvalue weighted by molar-refractivity contribution is -0.143. The van der Waals surface area contributed by atoms with Gasteiger partial charge in [-0.15, -0.1) is 0 Å². The summed E-state index contributed by atoms with van der Waals surface area (Å²) >= 11 is 0. The Morgan fingerprint density at radius 3 is 0.680 bits per heavy atom. The third kappa shape index (κ3) is 85.5. The number of unbranched alkanes of at least 4 members (excludes halogenated alkanes) is 79. The summed E-state index contributed by atoms with van der Waals surface area (Å²) in [5.41, 5.74) is 0.